The zero-order chi connectivity index (χ0) is 19.3. The number of nitrogens with one attached hydrogen (secondary N) is 1. The molecule has 0 aromatic carbocycles. The van der Waals surface area contributed by atoms with E-state index in [9.17, 15) is 9.59 Å². The second-order valence-corrected chi connectivity index (χ2v) is 6.35. The Hall–Kier alpha value is -3.62. The summed E-state index contributed by atoms with van der Waals surface area (Å²) in [6.45, 7) is 0.976. The maximum Gasteiger partial charge on any atom is 0.316 e. The zero-order valence-corrected chi connectivity index (χ0v) is 15.0. The third-order valence-electron chi connectivity index (χ3n) is 4.53. The average Bonchev–Trinajstić information content (AvgIpc) is 2.75. The van der Waals surface area contributed by atoms with Crippen LogP contribution in [0, 0.1) is 0 Å². The Morgan fingerprint density at radius 1 is 1.07 bits per heavy atom. The van der Waals surface area contributed by atoms with Crippen molar-refractivity contribution in [1.82, 2.24) is 29.8 Å². The number of likely N-dealkylation sites (tertiary alicyclic amines) is 1. The lowest BCUT2D eigenvalue weighted by atomic mass is 10.1. The normalized spacial score (nSPS) is 14.6. The number of carbonyl (C=O) groups is 1. The Bertz CT molecular complexity index is 1000. The van der Waals surface area contributed by atoms with Crippen LogP contribution in [0.3, 0.4) is 0 Å². The predicted molar refractivity (Wildman–Crippen MR) is 99.7 cm³/mol. The van der Waals surface area contributed by atoms with Crippen molar-refractivity contribution in [3.05, 3.63) is 65.1 Å². The fraction of sp³-hybridized carbons (Fsp3) is 0.263. The van der Waals surface area contributed by atoms with Gasteiger partial charge in [0.2, 0.25) is 0 Å². The Labute approximate surface area is 160 Å². The molecule has 0 atom stereocenters. The summed E-state index contributed by atoms with van der Waals surface area (Å²) >= 11 is 0. The van der Waals surface area contributed by atoms with Gasteiger partial charge in [-0.05, 0) is 18.2 Å². The fourth-order valence-electron chi connectivity index (χ4n) is 3.05. The van der Waals surface area contributed by atoms with Gasteiger partial charge >= 0.3 is 6.01 Å². The highest BCUT2D eigenvalue weighted by Gasteiger charge is 2.27. The molecule has 3 aromatic rings. The molecule has 0 spiro atoms. The van der Waals surface area contributed by atoms with Gasteiger partial charge in [0, 0.05) is 62.5 Å². The summed E-state index contributed by atoms with van der Waals surface area (Å²) in [5.41, 5.74) is 0.304. The molecule has 1 fully saturated rings. The molecule has 9 heteroatoms. The van der Waals surface area contributed by atoms with Gasteiger partial charge < -0.3 is 14.6 Å². The van der Waals surface area contributed by atoms with Crippen molar-refractivity contribution in [3.63, 3.8) is 0 Å². The molecule has 0 saturated carbocycles. The number of hydrogen-bond acceptors (Lipinski definition) is 7. The molecule has 1 amide bonds. The maximum atomic E-state index is 12.7. The number of amides is 1. The van der Waals surface area contributed by atoms with E-state index in [1.165, 1.54) is 6.20 Å². The van der Waals surface area contributed by atoms with Crippen molar-refractivity contribution < 1.29 is 9.53 Å². The summed E-state index contributed by atoms with van der Waals surface area (Å²) in [6, 6.07) is 5.53. The van der Waals surface area contributed by atoms with E-state index in [0.29, 0.717) is 37.8 Å². The van der Waals surface area contributed by atoms with Gasteiger partial charge in [0.25, 0.3) is 11.5 Å². The number of rotatable bonds is 4. The summed E-state index contributed by atoms with van der Waals surface area (Å²) in [6.07, 6.45) is 9.03. The first kappa shape index (κ1) is 17.8. The van der Waals surface area contributed by atoms with Crippen LogP contribution < -0.4 is 10.3 Å². The molecule has 0 radical (unpaired) electrons. The predicted octanol–water partition coefficient (Wildman–Crippen LogP) is 1.31. The summed E-state index contributed by atoms with van der Waals surface area (Å²) < 4.78 is 5.73. The van der Waals surface area contributed by atoms with Crippen molar-refractivity contribution >= 4 is 5.91 Å². The smallest absolute Gasteiger partial charge is 0.316 e. The molecule has 142 valence electrons. The van der Waals surface area contributed by atoms with E-state index in [1.807, 2.05) is 0 Å². The van der Waals surface area contributed by atoms with Crippen LogP contribution in [0.2, 0.25) is 0 Å². The highest BCUT2D eigenvalue weighted by atomic mass is 16.5. The number of hydrogen-bond donors (Lipinski definition) is 1. The Morgan fingerprint density at radius 3 is 2.46 bits per heavy atom. The molecule has 3 aromatic heterocycles. The molecule has 28 heavy (non-hydrogen) atoms. The number of aromatic amines is 1. The summed E-state index contributed by atoms with van der Waals surface area (Å²) in [4.78, 5) is 45.7. The van der Waals surface area contributed by atoms with E-state index in [4.69, 9.17) is 4.74 Å². The minimum atomic E-state index is -0.456. The first-order chi connectivity index (χ1) is 13.7. The van der Waals surface area contributed by atoms with Crippen LogP contribution in [0.4, 0.5) is 0 Å². The zero-order valence-electron chi connectivity index (χ0n) is 15.0. The monoisotopic (exact) mass is 378 g/mol. The Kier molecular flexibility index (Phi) is 5.05. The first-order valence-corrected chi connectivity index (χ1v) is 8.93. The van der Waals surface area contributed by atoms with Gasteiger partial charge in [-0.15, -0.1) is 0 Å². The number of nitrogens with zero attached hydrogens (tertiary/aromatic N) is 5. The second-order valence-electron chi connectivity index (χ2n) is 6.35. The van der Waals surface area contributed by atoms with Gasteiger partial charge in [-0.2, -0.15) is 0 Å². The lowest BCUT2D eigenvalue weighted by molar-refractivity contribution is 0.0576. The van der Waals surface area contributed by atoms with E-state index >= 15 is 0 Å². The second kappa shape index (κ2) is 7.95. The summed E-state index contributed by atoms with van der Waals surface area (Å²) in [5.74, 6) is 0.0726. The number of aromatic nitrogens is 5. The number of ether oxygens (including phenoxy) is 1. The van der Waals surface area contributed by atoms with Crippen LogP contribution in [-0.2, 0) is 0 Å². The van der Waals surface area contributed by atoms with E-state index in [1.54, 1.807) is 47.9 Å². The van der Waals surface area contributed by atoms with Crippen molar-refractivity contribution in [2.75, 3.05) is 13.1 Å². The molecule has 0 aliphatic carbocycles. The van der Waals surface area contributed by atoms with E-state index in [2.05, 4.69) is 24.9 Å². The third-order valence-corrected chi connectivity index (χ3v) is 4.53. The number of H-pyrrole nitrogens is 1. The minimum Gasteiger partial charge on any atom is -0.460 e. The van der Waals surface area contributed by atoms with Crippen LogP contribution in [0.15, 0.2) is 54.0 Å². The Balaban J connectivity index is 1.41. The molecule has 1 saturated heterocycles. The average molecular weight is 378 g/mol. The molecule has 1 N–H and O–H groups in total. The van der Waals surface area contributed by atoms with Crippen molar-refractivity contribution in [1.29, 1.82) is 0 Å². The van der Waals surface area contributed by atoms with Gasteiger partial charge in [-0.3, -0.25) is 14.6 Å². The maximum absolute atomic E-state index is 12.7. The van der Waals surface area contributed by atoms with Gasteiger partial charge in [-0.25, -0.2) is 15.0 Å². The van der Waals surface area contributed by atoms with Crippen molar-refractivity contribution in [2.24, 2.45) is 0 Å². The summed E-state index contributed by atoms with van der Waals surface area (Å²) in [5, 5.41) is 0. The molecule has 0 bridgehead atoms. The highest BCUT2D eigenvalue weighted by molar-refractivity contribution is 5.93. The first-order valence-electron chi connectivity index (χ1n) is 8.93. The van der Waals surface area contributed by atoms with Crippen LogP contribution in [-0.4, -0.2) is 54.9 Å². The quantitative estimate of drug-likeness (QED) is 0.728. The van der Waals surface area contributed by atoms with Gasteiger partial charge in [-0.1, -0.05) is 0 Å². The van der Waals surface area contributed by atoms with Gasteiger partial charge in [0.1, 0.15) is 17.5 Å². The molecule has 9 nitrogen and oxygen atoms in total. The molecule has 4 rings (SSSR count). The largest absolute Gasteiger partial charge is 0.460 e. The van der Waals surface area contributed by atoms with Gasteiger partial charge in [0.15, 0.2) is 0 Å². The van der Waals surface area contributed by atoms with E-state index in [0.717, 1.165) is 5.56 Å². The number of piperidine rings is 1. The van der Waals surface area contributed by atoms with Crippen LogP contribution >= 0.6 is 0 Å². The lowest BCUT2D eigenvalue weighted by Crippen LogP contribution is -2.43. The fourth-order valence-corrected chi connectivity index (χ4v) is 3.05. The lowest BCUT2D eigenvalue weighted by Gasteiger charge is -2.31. The van der Waals surface area contributed by atoms with Crippen LogP contribution in [0.25, 0.3) is 11.4 Å². The standard InChI is InChI=1S/C19H18N6O3/c26-17-15(12-23-16(24-17)13-2-8-20-9-3-13)18(27)25-10-4-14(5-11-25)28-19-21-6-1-7-22-19/h1-3,6-9,12,14H,4-5,10-11H2,(H,23,24,26). The third kappa shape index (κ3) is 3.88. The van der Waals surface area contributed by atoms with E-state index < -0.39 is 5.56 Å². The van der Waals surface area contributed by atoms with Crippen molar-refractivity contribution in [3.8, 4) is 17.4 Å². The molecule has 1 aliphatic heterocycles. The Morgan fingerprint density at radius 2 is 1.79 bits per heavy atom. The number of pyridine rings is 1. The topological polar surface area (TPSA) is 114 Å². The SMILES string of the molecule is O=C(c1cnc(-c2ccncc2)[nH]c1=O)N1CCC(Oc2ncccn2)CC1. The molecule has 4 heterocycles. The molecular formula is C19H18N6O3. The molecule has 1 aliphatic rings. The minimum absolute atomic E-state index is 0.0311. The van der Waals surface area contributed by atoms with Crippen LogP contribution in [0.5, 0.6) is 6.01 Å². The van der Waals surface area contributed by atoms with Crippen LogP contribution in [0.1, 0.15) is 23.2 Å². The molecular weight excluding hydrogens is 360 g/mol. The van der Waals surface area contributed by atoms with Crippen molar-refractivity contribution in [2.45, 2.75) is 18.9 Å². The number of carbonyl (C=O) groups excluding carboxylic acids is 1. The highest BCUT2D eigenvalue weighted by Crippen LogP contribution is 2.17. The van der Waals surface area contributed by atoms with E-state index in [-0.39, 0.29) is 17.6 Å². The van der Waals surface area contributed by atoms with Gasteiger partial charge in [0.05, 0.1) is 0 Å². The summed E-state index contributed by atoms with van der Waals surface area (Å²) in [7, 11) is 0. The molecule has 0 unspecified atom stereocenters.